The fourth-order valence-corrected chi connectivity index (χ4v) is 3.84. The van der Waals surface area contributed by atoms with Crippen LogP contribution in [0.4, 0.5) is 18.9 Å². The van der Waals surface area contributed by atoms with Crippen LogP contribution in [0.1, 0.15) is 11.5 Å². The summed E-state index contributed by atoms with van der Waals surface area (Å²) < 4.78 is 52.7. The first-order chi connectivity index (χ1) is 14.3. The van der Waals surface area contributed by atoms with Gasteiger partial charge in [0.15, 0.2) is 5.71 Å². The number of hydrazone groups is 1. The molecule has 2 heterocycles. The van der Waals surface area contributed by atoms with Crippen LogP contribution in [-0.2, 0) is 4.74 Å². The minimum atomic E-state index is -4.72. The van der Waals surface area contributed by atoms with Crippen molar-refractivity contribution in [3.8, 4) is 11.8 Å². The molecule has 0 radical (unpaired) electrons. The largest absolute Gasteiger partial charge is 0.497 e. The van der Waals surface area contributed by atoms with Gasteiger partial charge >= 0.3 is 6.18 Å². The molecule has 4 rings (SSSR count). The van der Waals surface area contributed by atoms with E-state index in [4.69, 9.17) is 15.2 Å². The molecule has 0 spiro atoms. The third-order valence-electron chi connectivity index (χ3n) is 5.17. The van der Waals surface area contributed by atoms with Crippen LogP contribution in [0.15, 0.2) is 71.2 Å². The Balaban J connectivity index is 1.88. The van der Waals surface area contributed by atoms with E-state index in [2.05, 4.69) is 5.10 Å². The van der Waals surface area contributed by atoms with Crippen molar-refractivity contribution in [2.75, 3.05) is 12.1 Å². The molecule has 9 heteroatoms. The van der Waals surface area contributed by atoms with E-state index in [1.165, 1.54) is 12.1 Å². The van der Waals surface area contributed by atoms with Gasteiger partial charge in [-0.2, -0.15) is 23.5 Å². The topological polar surface area (TPSA) is 83.9 Å². The lowest BCUT2D eigenvalue weighted by Crippen LogP contribution is -2.46. The molecule has 2 aliphatic heterocycles. The van der Waals surface area contributed by atoms with Gasteiger partial charge in [-0.15, -0.1) is 0 Å². The third-order valence-corrected chi connectivity index (χ3v) is 5.17. The van der Waals surface area contributed by atoms with E-state index in [-0.39, 0.29) is 11.5 Å². The number of para-hydroxylation sites is 1. The number of halogens is 3. The van der Waals surface area contributed by atoms with Crippen molar-refractivity contribution >= 4 is 11.4 Å². The highest BCUT2D eigenvalue weighted by Crippen LogP contribution is 2.48. The van der Waals surface area contributed by atoms with Crippen LogP contribution in [0, 0.1) is 17.2 Å². The molecule has 0 saturated carbocycles. The van der Waals surface area contributed by atoms with Crippen molar-refractivity contribution in [1.82, 2.24) is 0 Å². The van der Waals surface area contributed by atoms with Gasteiger partial charge in [0.2, 0.25) is 12.1 Å². The van der Waals surface area contributed by atoms with Crippen molar-refractivity contribution in [2.24, 2.45) is 16.8 Å². The minimum Gasteiger partial charge on any atom is -0.497 e. The van der Waals surface area contributed by atoms with Gasteiger partial charge in [0.1, 0.15) is 11.8 Å². The number of methoxy groups -OCH3 is 1. The number of nitriles is 1. The third kappa shape index (κ3) is 3.20. The number of alkyl halides is 3. The van der Waals surface area contributed by atoms with E-state index in [9.17, 15) is 18.4 Å². The summed E-state index contributed by atoms with van der Waals surface area (Å²) in [5, 5.41) is 14.7. The van der Waals surface area contributed by atoms with Crippen LogP contribution in [0.5, 0.6) is 5.75 Å². The lowest BCUT2D eigenvalue weighted by Gasteiger charge is -2.37. The summed E-state index contributed by atoms with van der Waals surface area (Å²) in [6, 6.07) is 16.8. The molecule has 2 aromatic rings. The van der Waals surface area contributed by atoms with E-state index >= 15 is 0 Å². The van der Waals surface area contributed by atoms with Crippen molar-refractivity contribution in [3.05, 3.63) is 71.6 Å². The zero-order valence-electron chi connectivity index (χ0n) is 15.8. The highest BCUT2D eigenvalue weighted by Gasteiger charge is 2.57. The van der Waals surface area contributed by atoms with Crippen LogP contribution in [0.3, 0.4) is 0 Å². The fraction of sp³-hybridized carbons (Fsp3) is 0.238. The minimum absolute atomic E-state index is 0.0618. The van der Waals surface area contributed by atoms with Crippen molar-refractivity contribution in [1.29, 1.82) is 5.26 Å². The molecular formula is C21H17F3N4O2. The average Bonchev–Trinajstić information content (AvgIpc) is 3.13. The maximum Gasteiger partial charge on any atom is 0.431 e. The SMILES string of the molecule is COc1ccc([C@@H]2C(C#N)=C(N)O[C@@H]3[C@H]2C(C(F)(F)F)=NN3c2ccccc2)cc1. The Labute approximate surface area is 170 Å². The molecule has 6 nitrogen and oxygen atoms in total. The molecule has 30 heavy (non-hydrogen) atoms. The van der Waals surface area contributed by atoms with Gasteiger partial charge in [-0.3, -0.25) is 0 Å². The number of benzene rings is 2. The maximum absolute atomic E-state index is 14.0. The molecule has 0 fully saturated rings. The van der Waals surface area contributed by atoms with Gasteiger partial charge in [-0.1, -0.05) is 30.3 Å². The molecule has 0 aromatic heterocycles. The molecule has 154 valence electrons. The van der Waals surface area contributed by atoms with Gasteiger partial charge in [-0.05, 0) is 29.8 Å². The van der Waals surface area contributed by atoms with E-state index in [1.54, 1.807) is 54.6 Å². The molecule has 0 unspecified atom stereocenters. The predicted molar refractivity (Wildman–Crippen MR) is 103 cm³/mol. The van der Waals surface area contributed by atoms with Crippen molar-refractivity contribution in [2.45, 2.75) is 18.3 Å². The first-order valence-corrected chi connectivity index (χ1v) is 9.05. The zero-order valence-corrected chi connectivity index (χ0v) is 15.8. The summed E-state index contributed by atoms with van der Waals surface area (Å²) in [5.74, 6) is -1.92. The first-order valence-electron chi connectivity index (χ1n) is 9.05. The molecular weight excluding hydrogens is 397 g/mol. The maximum atomic E-state index is 14.0. The second-order valence-electron chi connectivity index (χ2n) is 6.84. The summed E-state index contributed by atoms with van der Waals surface area (Å²) in [6.07, 6.45) is -5.86. The lowest BCUT2D eigenvalue weighted by atomic mass is 9.76. The number of nitrogens with zero attached hydrogens (tertiary/aromatic N) is 3. The number of nitrogens with two attached hydrogens (primary N) is 1. The van der Waals surface area contributed by atoms with Crippen molar-refractivity contribution < 1.29 is 22.6 Å². The number of allylic oxidation sites excluding steroid dienone is 1. The molecule has 0 aliphatic carbocycles. The van der Waals surface area contributed by atoms with E-state index in [0.29, 0.717) is 17.0 Å². The Bertz CT molecular complexity index is 1040. The number of hydrogen-bond acceptors (Lipinski definition) is 6. The quantitative estimate of drug-likeness (QED) is 0.824. The molecule has 3 atom stereocenters. The molecule has 2 N–H and O–H groups in total. The highest BCUT2D eigenvalue weighted by molar-refractivity contribution is 5.96. The summed E-state index contributed by atoms with van der Waals surface area (Å²) in [6.45, 7) is 0. The summed E-state index contributed by atoms with van der Waals surface area (Å²) in [5.41, 5.74) is 5.81. The molecule has 2 aliphatic rings. The molecule has 0 amide bonds. The van der Waals surface area contributed by atoms with Gasteiger partial charge in [0.05, 0.1) is 24.3 Å². The predicted octanol–water partition coefficient (Wildman–Crippen LogP) is 3.88. The summed E-state index contributed by atoms with van der Waals surface area (Å²) in [4.78, 5) is 0. The first kappa shape index (κ1) is 19.6. The number of anilines is 1. The fourth-order valence-electron chi connectivity index (χ4n) is 3.84. The average molecular weight is 414 g/mol. The van der Waals surface area contributed by atoms with Crippen LogP contribution in [0.25, 0.3) is 0 Å². The van der Waals surface area contributed by atoms with Gasteiger partial charge < -0.3 is 15.2 Å². The van der Waals surface area contributed by atoms with Gasteiger partial charge in [0, 0.05) is 5.92 Å². The molecule has 0 saturated heterocycles. The Morgan fingerprint density at radius 3 is 2.37 bits per heavy atom. The van der Waals surface area contributed by atoms with Crippen LogP contribution >= 0.6 is 0 Å². The Morgan fingerprint density at radius 2 is 1.80 bits per heavy atom. The number of ether oxygens (including phenoxy) is 2. The van der Waals surface area contributed by atoms with E-state index in [1.807, 2.05) is 6.07 Å². The standard InChI is InChI=1S/C21H17F3N4O2/c1-29-14-9-7-12(8-10-14)16-15(11-25)19(26)30-20-17(16)18(21(22,23)24)27-28(20)13-5-3-2-4-6-13/h2-10,16-17,20H,26H2,1H3/t16-,17-,20-/m1/s1. The Kier molecular flexibility index (Phi) is 4.78. The Morgan fingerprint density at radius 1 is 1.13 bits per heavy atom. The number of rotatable bonds is 3. The van der Waals surface area contributed by atoms with E-state index < -0.39 is 30.0 Å². The second kappa shape index (κ2) is 7.30. The van der Waals surface area contributed by atoms with Crippen LogP contribution in [-0.4, -0.2) is 25.2 Å². The summed E-state index contributed by atoms with van der Waals surface area (Å²) >= 11 is 0. The number of fused-ring (bicyclic) bond motifs is 1. The lowest BCUT2D eigenvalue weighted by molar-refractivity contribution is -0.0658. The zero-order chi connectivity index (χ0) is 21.5. The van der Waals surface area contributed by atoms with Gasteiger partial charge in [0.25, 0.3) is 0 Å². The highest BCUT2D eigenvalue weighted by atomic mass is 19.4. The van der Waals surface area contributed by atoms with Crippen LogP contribution < -0.4 is 15.5 Å². The smallest absolute Gasteiger partial charge is 0.431 e. The van der Waals surface area contributed by atoms with Gasteiger partial charge in [-0.25, -0.2) is 5.01 Å². The summed E-state index contributed by atoms with van der Waals surface area (Å²) in [7, 11) is 1.49. The molecule has 2 aromatic carbocycles. The van der Waals surface area contributed by atoms with E-state index in [0.717, 1.165) is 0 Å². The normalized spacial score (nSPS) is 23.4. The van der Waals surface area contributed by atoms with Crippen molar-refractivity contribution in [3.63, 3.8) is 0 Å². The Hall–Kier alpha value is -3.67. The number of hydrogen-bond donors (Lipinski definition) is 1. The van der Waals surface area contributed by atoms with Crippen LogP contribution in [0.2, 0.25) is 0 Å². The molecule has 0 bridgehead atoms. The second-order valence-corrected chi connectivity index (χ2v) is 6.84. The monoisotopic (exact) mass is 414 g/mol.